The molecule has 0 aromatic heterocycles. The monoisotopic (exact) mass is 289 g/mol. The molecular weight excluding hydrogens is 254 g/mol. The predicted octanol–water partition coefficient (Wildman–Crippen LogP) is 3.71. The van der Waals surface area contributed by atoms with E-state index in [1.165, 1.54) is 70.6 Å². The van der Waals surface area contributed by atoms with Crippen LogP contribution in [0.15, 0.2) is 0 Å². The molecule has 20 heavy (non-hydrogen) atoms. The van der Waals surface area contributed by atoms with Gasteiger partial charge in [0.1, 0.15) is 0 Å². The zero-order chi connectivity index (χ0) is 15.5. The number of hydrogen-bond donors (Lipinski definition) is 3. The van der Waals surface area contributed by atoms with Crippen LogP contribution in [0.2, 0.25) is 0 Å². The molecule has 122 valence electrons. The van der Waals surface area contributed by atoms with Crippen molar-refractivity contribution >= 4 is 5.97 Å². The van der Waals surface area contributed by atoms with Crippen molar-refractivity contribution in [2.24, 2.45) is 5.73 Å². The molecule has 4 N–H and O–H groups in total. The lowest BCUT2D eigenvalue weighted by molar-refractivity contribution is -0.135. The van der Waals surface area contributed by atoms with Crippen LogP contribution < -0.4 is 5.73 Å². The van der Waals surface area contributed by atoms with Crippen LogP contribution in [0.25, 0.3) is 0 Å². The van der Waals surface area contributed by atoms with E-state index in [-0.39, 0.29) is 6.54 Å². The highest BCUT2D eigenvalue weighted by Crippen LogP contribution is 2.11. The quantitative estimate of drug-likeness (QED) is 0.451. The summed E-state index contributed by atoms with van der Waals surface area (Å²) in [7, 11) is 0. The Hall–Kier alpha value is -0.610. The Bertz CT molecular complexity index is 175. The smallest absolute Gasteiger partial charge is 0.317 e. The predicted molar refractivity (Wildman–Crippen MR) is 84.9 cm³/mol. The number of carboxylic acids is 1. The van der Waals surface area contributed by atoms with E-state index < -0.39 is 5.97 Å². The third-order valence-corrected chi connectivity index (χ3v) is 3.19. The Morgan fingerprint density at radius 3 is 1.35 bits per heavy atom. The Balaban J connectivity index is 0. The minimum Gasteiger partial charge on any atom is -0.480 e. The molecule has 0 bridgehead atoms. The molecular formula is C16H35NO3. The summed E-state index contributed by atoms with van der Waals surface area (Å²) in [4.78, 5) is 9.24. The molecule has 0 heterocycles. The topological polar surface area (TPSA) is 83.5 Å². The van der Waals surface area contributed by atoms with E-state index in [0.29, 0.717) is 6.61 Å². The van der Waals surface area contributed by atoms with E-state index in [0.717, 1.165) is 6.42 Å². The SMILES string of the molecule is CCCCCCCCCCCCCCO.NCC(=O)O. The first-order valence-electron chi connectivity index (χ1n) is 8.21. The molecule has 0 rings (SSSR count). The number of rotatable bonds is 13. The molecule has 0 atom stereocenters. The van der Waals surface area contributed by atoms with Crippen molar-refractivity contribution in [1.29, 1.82) is 0 Å². The standard InChI is InChI=1S/C14H30O.C2H5NO2/c1-2-3-4-5-6-7-8-9-10-11-12-13-14-15;3-1-2(4)5/h15H,2-14H2,1H3;1,3H2,(H,4,5). The van der Waals surface area contributed by atoms with Crippen LogP contribution in [0.1, 0.15) is 84.0 Å². The van der Waals surface area contributed by atoms with Crippen molar-refractivity contribution in [1.82, 2.24) is 0 Å². The van der Waals surface area contributed by atoms with Gasteiger partial charge in [0, 0.05) is 6.61 Å². The number of nitrogens with two attached hydrogens (primary N) is 1. The highest BCUT2D eigenvalue weighted by molar-refractivity contribution is 5.68. The number of unbranched alkanes of at least 4 members (excludes halogenated alkanes) is 11. The van der Waals surface area contributed by atoms with E-state index >= 15 is 0 Å². The van der Waals surface area contributed by atoms with Gasteiger partial charge in [-0.15, -0.1) is 0 Å². The van der Waals surface area contributed by atoms with Gasteiger partial charge in [-0.25, -0.2) is 0 Å². The van der Waals surface area contributed by atoms with E-state index in [4.69, 9.17) is 10.2 Å². The number of aliphatic carboxylic acids is 1. The highest BCUT2D eigenvalue weighted by Gasteiger charge is 1.92. The zero-order valence-electron chi connectivity index (χ0n) is 13.3. The summed E-state index contributed by atoms with van der Waals surface area (Å²) in [6, 6.07) is 0. The summed E-state index contributed by atoms with van der Waals surface area (Å²) >= 11 is 0. The van der Waals surface area contributed by atoms with Crippen LogP contribution in [0.4, 0.5) is 0 Å². The normalized spacial score (nSPS) is 9.95. The molecule has 0 aromatic rings. The molecule has 0 saturated carbocycles. The minimum atomic E-state index is -0.968. The lowest BCUT2D eigenvalue weighted by atomic mass is 10.1. The highest BCUT2D eigenvalue weighted by atomic mass is 16.4. The van der Waals surface area contributed by atoms with Crippen LogP contribution in [-0.4, -0.2) is 29.3 Å². The van der Waals surface area contributed by atoms with Gasteiger partial charge >= 0.3 is 5.97 Å². The fourth-order valence-corrected chi connectivity index (χ4v) is 1.95. The van der Waals surface area contributed by atoms with E-state index in [2.05, 4.69) is 12.7 Å². The van der Waals surface area contributed by atoms with Crippen molar-refractivity contribution in [2.45, 2.75) is 84.0 Å². The lowest BCUT2D eigenvalue weighted by Crippen LogP contribution is -2.10. The molecule has 0 radical (unpaired) electrons. The first-order valence-corrected chi connectivity index (χ1v) is 8.21. The molecule has 0 fully saturated rings. The maximum absolute atomic E-state index is 9.24. The molecule has 0 aliphatic rings. The van der Waals surface area contributed by atoms with Gasteiger partial charge in [0.25, 0.3) is 0 Å². The Morgan fingerprint density at radius 1 is 0.800 bits per heavy atom. The van der Waals surface area contributed by atoms with Crippen molar-refractivity contribution in [3.8, 4) is 0 Å². The van der Waals surface area contributed by atoms with Gasteiger partial charge in [-0.3, -0.25) is 4.79 Å². The largest absolute Gasteiger partial charge is 0.480 e. The van der Waals surface area contributed by atoms with Gasteiger partial charge in [0.05, 0.1) is 6.54 Å². The zero-order valence-corrected chi connectivity index (χ0v) is 13.3. The Kier molecular flexibility index (Phi) is 22.4. The van der Waals surface area contributed by atoms with Crippen molar-refractivity contribution in [2.75, 3.05) is 13.2 Å². The summed E-state index contributed by atoms with van der Waals surface area (Å²) in [6.07, 6.45) is 16.2. The third kappa shape index (κ3) is 26.1. The molecule has 0 aromatic carbocycles. The van der Waals surface area contributed by atoms with Crippen molar-refractivity contribution in [3.05, 3.63) is 0 Å². The summed E-state index contributed by atoms with van der Waals surface area (Å²) in [5, 5.41) is 16.2. The fourth-order valence-electron chi connectivity index (χ4n) is 1.95. The van der Waals surface area contributed by atoms with E-state index in [1.54, 1.807) is 0 Å². The second-order valence-electron chi connectivity index (χ2n) is 5.21. The van der Waals surface area contributed by atoms with Crippen LogP contribution in [0.3, 0.4) is 0 Å². The molecule has 0 spiro atoms. The van der Waals surface area contributed by atoms with Gasteiger partial charge in [-0.05, 0) is 6.42 Å². The third-order valence-electron chi connectivity index (χ3n) is 3.19. The second-order valence-corrected chi connectivity index (χ2v) is 5.21. The van der Waals surface area contributed by atoms with Crippen LogP contribution in [0, 0.1) is 0 Å². The van der Waals surface area contributed by atoms with Crippen molar-refractivity contribution in [3.63, 3.8) is 0 Å². The van der Waals surface area contributed by atoms with Crippen LogP contribution in [0.5, 0.6) is 0 Å². The first-order chi connectivity index (χ1) is 9.68. The first kappa shape index (κ1) is 21.7. The van der Waals surface area contributed by atoms with Crippen LogP contribution >= 0.6 is 0 Å². The number of carbonyl (C=O) groups is 1. The molecule has 0 aliphatic heterocycles. The Labute approximate surface area is 124 Å². The summed E-state index contributed by atoms with van der Waals surface area (Å²) in [5.74, 6) is -0.968. The molecule has 0 unspecified atom stereocenters. The molecule has 0 amide bonds. The van der Waals surface area contributed by atoms with E-state index in [1.807, 2.05) is 0 Å². The number of aliphatic hydroxyl groups excluding tert-OH is 1. The van der Waals surface area contributed by atoms with Crippen molar-refractivity contribution < 1.29 is 15.0 Å². The van der Waals surface area contributed by atoms with Crippen LogP contribution in [-0.2, 0) is 4.79 Å². The molecule has 0 aliphatic carbocycles. The average molecular weight is 289 g/mol. The summed E-state index contributed by atoms with van der Waals surface area (Å²) in [5.41, 5.74) is 4.57. The van der Waals surface area contributed by atoms with Gasteiger partial charge in [0.15, 0.2) is 0 Å². The van der Waals surface area contributed by atoms with Gasteiger partial charge in [-0.2, -0.15) is 0 Å². The lowest BCUT2D eigenvalue weighted by Gasteiger charge is -2.01. The number of carboxylic acid groups (broad SMARTS) is 1. The number of aliphatic hydroxyl groups is 1. The molecule has 0 saturated heterocycles. The summed E-state index contributed by atoms with van der Waals surface area (Å²) < 4.78 is 0. The minimum absolute atomic E-state index is 0.278. The maximum Gasteiger partial charge on any atom is 0.317 e. The molecule has 4 heteroatoms. The fraction of sp³-hybridized carbons (Fsp3) is 0.938. The van der Waals surface area contributed by atoms with Gasteiger partial charge in [-0.1, -0.05) is 77.6 Å². The summed E-state index contributed by atoms with van der Waals surface area (Å²) in [6.45, 7) is 2.36. The Morgan fingerprint density at radius 2 is 1.10 bits per heavy atom. The van der Waals surface area contributed by atoms with Gasteiger partial charge in [0.2, 0.25) is 0 Å². The maximum atomic E-state index is 9.24. The molecule has 4 nitrogen and oxygen atoms in total. The van der Waals surface area contributed by atoms with E-state index in [9.17, 15) is 4.79 Å². The number of hydrogen-bond acceptors (Lipinski definition) is 3. The van der Waals surface area contributed by atoms with Gasteiger partial charge < -0.3 is 15.9 Å². The average Bonchev–Trinajstić information content (AvgIpc) is 2.45. The second kappa shape index (κ2) is 20.7.